The van der Waals surface area contributed by atoms with Crippen molar-refractivity contribution in [3.05, 3.63) is 0 Å². The van der Waals surface area contributed by atoms with Crippen molar-refractivity contribution in [2.24, 2.45) is 23.2 Å². The monoisotopic (exact) mass is 328 g/mol. The van der Waals surface area contributed by atoms with E-state index in [0.29, 0.717) is 6.61 Å². The SMILES string of the molecule is OC[C@H]1O[C@@H](OCC23CC4CC(CC(C4)C2)C3)[C@@H](O)[C@@H](O)[C@@H]1O. The van der Waals surface area contributed by atoms with Crippen molar-refractivity contribution in [3.63, 3.8) is 0 Å². The highest BCUT2D eigenvalue weighted by atomic mass is 16.7. The standard InChI is InChI=1S/C17H28O6/c18-7-12-13(19)14(20)15(21)16(23-12)22-8-17-4-9-1-10(5-17)3-11(2-9)6-17/h9-16,18-21H,1-8H2/t9?,10?,11?,12-,13-,14+,15+,16-,17?/m1/s1. The van der Waals surface area contributed by atoms with Gasteiger partial charge in [0.25, 0.3) is 0 Å². The van der Waals surface area contributed by atoms with Crippen LogP contribution in [-0.2, 0) is 9.47 Å². The van der Waals surface area contributed by atoms with Crippen LogP contribution in [0.4, 0.5) is 0 Å². The van der Waals surface area contributed by atoms with Gasteiger partial charge in [-0.2, -0.15) is 0 Å². The molecule has 6 heteroatoms. The highest BCUT2D eigenvalue weighted by Crippen LogP contribution is 2.60. The molecule has 5 rings (SSSR count). The third-order valence-electron chi connectivity index (χ3n) is 6.57. The molecule has 5 aliphatic rings. The second-order valence-corrected chi connectivity index (χ2v) is 8.43. The average molecular weight is 328 g/mol. The molecular weight excluding hydrogens is 300 g/mol. The lowest BCUT2D eigenvalue weighted by Crippen LogP contribution is -2.60. The van der Waals surface area contributed by atoms with E-state index >= 15 is 0 Å². The summed E-state index contributed by atoms with van der Waals surface area (Å²) in [4.78, 5) is 0. The maximum Gasteiger partial charge on any atom is 0.186 e. The van der Waals surface area contributed by atoms with Crippen molar-refractivity contribution in [2.75, 3.05) is 13.2 Å². The van der Waals surface area contributed by atoms with E-state index < -0.39 is 37.3 Å². The Morgan fingerprint density at radius 2 is 1.43 bits per heavy atom. The van der Waals surface area contributed by atoms with Crippen LogP contribution in [0.3, 0.4) is 0 Å². The van der Waals surface area contributed by atoms with Gasteiger partial charge in [0.05, 0.1) is 13.2 Å². The highest BCUT2D eigenvalue weighted by molar-refractivity contribution is 5.01. The van der Waals surface area contributed by atoms with E-state index in [-0.39, 0.29) is 5.41 Å². The molecule has 5 atom stereocenters. The van der Waals surface area contributed by atoms with E-state index in [9.17, 15) is 20.4 Å². The van der Waals surface area contributed by atoms with Crippen LogP contribution >= 0.6 is 0 Å². The zero-order valence-electron chi connectivity index (χ0n) is 13.4. The Kier molecular flexibility index (Phi) is 4.19. The minimum absolute atomic E-state index is 0.188. The molecule has 0 spiro atoms. The summed E-state index contributed by atoms with van der Waals surface area (Å²) in [5.41, 5.74) is 0.188. The molecule has 0 aromatic heterocycles. The Hall–Kier alpha value is -0.240. The van der Waals surface area contributed by atoms with E-state index in [2.05, 4.69) is 0 Å². The maximum atomic E-state index is 10.1. The summed E-state index contributed by atoms with van der Waals surface area (Å²) >= 11 is 0. The topological polar surface area (TPSA) is 99.4 Å². The molecule has 1 aliphatic heterocycles. The summed E-state index contributed by atoms with van der Waals surface area (Å²) in [5, 5.41) is 39.0. The van der Waals surface area contributed by atoms with Gasteiger partial charge < -0.3 is 29.9 Å². The van der Waals surface area contributed by atoms with Gasteiger partial charge in [-0.3, -0.25) is 0 Å². The molecule has 4 N–H and O–H groups in total. The van der Waals surface area contributed by atoms with Gasteiger partial charge in [-0.1, -0.05) is 0 Å². The van der Waals surface area contributed by atoms with E-state index in [1.165, 1.54) is 38.5 Å². The van der Waals surface area contributed by atoms with Crippen LogP contribution in [0.2, 0.25) is 0 Å². The van der Waals surface area contributed by atoms with Crippen LogP contribution in [-0.4, -0.2) is 64.3 Å². The molecule has 0 aromatic rings. The van der Waals surface area contributed by atoms with Gasteiger partial charge in [-0.05, 0) is 61.7 Å². The maximum absolute atomic E-state index is 10.1. The zero-order valence-corrected chi connectivity index (χ0v) is 13.4. The molecule has 1 saturated heterocycles. The molecule has 5 fully saturated rings. The summed E-state index contributed by atoms with van der Waals surface area (Å²) in [6.07, 6.45) is 1.80. The number of rotatable bonds is 4. The Bertz CT molecular complexity index is 404. The molecule has 132 valence electrons. The van der Waals surface area contributed by atoms with E-state index in [4.69, 9.17) is 9.47 Å². The van der Waals surface area contributed by atoms with Gasteiger partial charge in [0.15, 0.2) is 6.29 Å². The van der Waals surface area contributed by atoms with Crippen molar-refractivity contribution in [1.82, 2.24) is 0 Å². The lowest BCUT2D eigenvalue weighted by Gasteiger charge is -2.57. The van der Waals surface area contributed by atoms with Gasteiger partial charge in [-0.25, -0.2) is 0 Å². The van der Waals surface area contributed by atoms with Gasteiger partial charge in [0, 0.05) is 0 Å². The fraction of sp³-hybridized carbons (Fsp3) is 1.00. The van der Waals surface area contributed by atoms with Crippen LogP contribution < -0.4 is 0 Å². The third-order valence-corrected chi connectivity index (χ3v) is 6.57. The first kappa shape index (κ1) is 16.2. The van der Waals surface area contributed by atoms with Gasteiger partial charge >= 0.3 is 0 Å². The normalized spacial score (nSPS) is 55.3. The fourth-order valence-electron chi connectivity index (χ4n) is 5.93. The highest BCUT2D eigenvalue weighted by Gasteiger charge is 2.52. The summed E-state index contributed by atoms with van der Waals surface area (Å²) in [6.45, 7) is 0.112. The molecule has 4 saturated carbocycles. The predicted molar refractivity (Wildman–Crippen MR) is 80.3 cm³/mol. The summed E-state index contributed by atoms with van der Waals surface area (Å²) in [5.74, 6) is 2.46. The Balaban J connectivity index is 1.40. The lowest BCUT2D eigenvalue weighted by molar-refractivity contribution is -0.309. The van der Waals surface area contributed by atoms with E-state index in [1.54, 1.807) is 0 Å². The van der Waals surface area contributed by atoms with E-state index in [0.717, 1.165) is 17.8 Å². The fourth-order valence-corrected chi connectivity index (χ4v) is 5.93. The molecular formula is C17H28O6. The second-order valence-electron chi connectivity index (χ2n) is 8.43. The van der Waals surface area contributed by atoms with Crippen molar-refractivity contribution >= 4 is 0 Å². The van der Waals surface area contributed by atoms with Gasteiger partial charge in [0.1, 0.15) is 24.4 Å². The van der Waals surface area contributed by atoms with Crippen molar-refractivity contribution in [1.29, 1.82) is 0 Å². The first-order valence-electron chi connectivity index (χ1n) is 8.92. The molecule has 23 heavy (non-hydrogen) atoms. The van der Waals surface area contributed by atoms with Crippen molar-refractivity contribution in [2.45, 2.75) is 69.2 Å². The molecule has 4 bridgehead atoms. The smallest absolute Gasteiger partial charge is 0.186 e. The summed E-state index contributed by atoms with van der Waals surface area (Å²) in [7, 11) is 0. The first-order chi connectivity index (χ1) is 11.0. The average Bonchev–Trinajstić information content (AvgIpc) is 2.51. The Labute approximate surface area is 136 Å². The predicted octanol–water partition coefficient (Wildman–Crippen LogP) is 0.0193. The van der Waals surface area contributed by atoms with Crippen LogP contribution in [0.25, 0.3) is 0 Å². The van der Waals surface area contributed by atoms with Gasteiger partial charge in [-0.15, -0.1) is 0 Å². The molecule has 6 nitrogen and oxygen atoms in total. The molecule has 1 heterocycles. The summed E-state index contributed by atoms with van der Waals surface area (Å²) < 4.78 is 11.3. The van der Waals surface area contributed by atoms with Crippen LogP contribution in [0.5, 0.6) is 0 Å². The number of hydrogen-bond acceptors (Lipinski definition) is 6. The molecule has 0 radical (unpaired) electrons. The van der Waals surface area contributed by atoms with E-state index in [1.807, 2.05) is 0 Å². The van der Waals surface area contributed by atoms with Crippen LogP contribution in [0, 0.1) is 23.2 Å². The van der Waals surface area contributed by atoms with Crippen molar-refractivity contribution < 1.29 is 29.9 Å². The third kappa shape index (κ3) is 2.83. The first-order valence-corrected chi connectivity index (χ1v) is 8.92. The van der Waals surface area contributed by atoms with Gasteiger partial charge in [0.2, 0.25) is 0 Å². The lowest BCUT2D eigenvalue weighted by atomic mass is 9.50. The number of ether oxygens (including phenoxy) is 2. The van der Waals surface area contributed by atoms with Crippen LogP contribution in [0.15, 0.2) is 0 Å². The number of hydrogen-bond donors (Lipinski definition) is 4. The number of aliphatic hydroxyl groups is 4. The number of aliphatic hydroxyl groups excluding tert-OH is 4. The minimum Gasteiger partial charge on any atom is -0.394 e. The molecule has 0 amide bonds. The quantitative estimate of drug-likeness (QED) is 0.581. The summed E-state index contributed by atoms with van der Waals surface area (Å²) in [6, 6.07) is 0. The molecule has 0 aromatic carbocycles. The van der Waals surface area contributed by atoms with Crippen LogP contribution in [0.1, 0.15) is 38.5 Å². The zero-order chi connectivity index (χ0) is 16.2. The largest absolute Gasteiger partial charge is 0.394 e. The molecule has 0 unspecified atom stereocenters. The second kappa shape index (κ2) is 5.93. The molecule has 4 aliphatic carbocycles. The Morgan fingerprint density at radius 3 is 1.96 bits per heavy atom. The minimum atomic E-state index is -1.36. The van der Waals surface area contributed by atoms with Crippen molar-refractivity contribution in [3.8, 4) is 0 Å². The Morgan fingerprint density at radius 1 is 0.870 bits per heavy atom.